The van der Waals surface area contributed by atoms with Crippen LogP contribution in [0.1, 0.15) is 25.8 Å². The predicted octanol–water partition coefficient (Wildman–Crippen LogP) is 6.34. The van der Waals surface area contributed by atoms with Crippen molar-refractivity contribution in [2.24, 2.45) is 5.92 Å². The van der Waals surface area contributed by atoms with E-state index in [2.05, 4.69) is 78.3 Å². The zero-order valence-corrected chi connectivity index (χ0v) is 13.6. The van der Waals surface area contributed by atoms with Gasteiger partial charge in [-0.25, -0.2) is 0 Å². The fourth-order valence-electron chi connectivity index (χ4n) is 2.87. The first kappa shape index (κ1) is 13.6. The van der Waals surface area contributed by atoms with Gasteiger partial charge in [0.25, 0.3) is 0 Å². The highest BCUT2D eigenvalue weighted by molar-refractivity contribution is 9.10. The van der Waals surface area contributed by atoms with Crippen molar-refractivity contribution in [3.63, 3.8) is 0 Å². The summed E-state index contributed by atoms with van der Waals surface area (Å²) in [6, 6.07) is 17.5. The lowest BCUT2D eigenvalue weighted by molar-refractivity contribution is 0.589. The van der Waals surface area contributed by atoms with Gasteiger partial charge in [-0.3, -0.25) is 0 Å². The number of benzene rings is 3. The largest absolute Gasteiger partial charge is 0.0628 e. The summed E-state index contributed by atoms with van der Waals surface area (Å²) in [5, 5.41) is 5.42. The maximum Gasteiger partial charge on any atom is 0.0332 e. The molecule has 0 aliphatic heterocycles. The van der Waals surface area contributed by atoms with E-state index in [9.17, 15) is 0 Å². The van der Waals surface area contributed by atoms with Crippen LogP contribution in [0.4, 0.5) is 0 Å². The summed E-state index contributed by atoms with van der Waals surface area (Å²) in [7, 11) is 0. The van der Waals surface area contributed by atoms with Crippen LogP contribution >= 0.6 is 15.9 Å². The van der Waals surface area contributed by atoms with Crippen LogP contribution in [-0.4, -0.2) is 0 Å². The van der Waals surface area contributed by atoms with Gasteiger partial charge >= 0.3 is 0 Å². The molecule has 0 aliphatic rings. The van der Waals surface area contributed by atoms with Gasteiger partial charge in [-0.05, 0) is 61.8 Å². The highest BCUT2D eigenvalue weighted by atomic mass is 79.9. The number of fused-ring (bicyclic) bond motifs is 2. The molecule has 0 atom stereocenters. The molecule has 102 valence electrons. The van der Waals surface area contributed by atoms with Gasteiger partial charge in [0, 0.05) is 4.47 Å². The molecule has 0 saturated carbocycles. The monoisotopic (exact) mass is 326 g/mol. The van der Waals surface area contributed by atoms with E-state index in [0.29, 0.717) is 0 Å². The van der Waals surface area contributed by atoms with Crippen LogP contribution in [0.3, 0.4) is 0 Å². The molecule has 0 fully saturated rings. The molecule has 3 aromatic rings. The Bertz CT molecular complexity index is 699. The summed E-state index contributed by atoms with van der Waals surface area (Å²) in [5.74, 6) is 0.733. The summed E-state index contributed by atoms with van der Waals surface area (Å²) in [6.07, 6.45) is 2.38. The first-order valence-corrected chi connectivity index (χ1v) is 8.05. The first-order chi connectivity index (χ1) is 9.68. The van der Waals surface area contributed by atoms with Crippen LogP contribution in [0.25, 0.3) is 21.5 Å². The third-order valence-corrected chi connectivity index (χ3v) is 4.80. The normalized spacial score (nSPS) is 11.6. The third-order valence-electron chi connectivity index (χ3n) is 3.95. The molecule has 3 rings (SSSR count). The number of halogens is 1. The van der Waals surface area contributed by atoms with Crippen molar-refractivity contribution in [2.45, 2.75) is 26.7 Å². The average molecular weight is 327 g/mol. The Morgan fingerprint density at radius 1 is 0.800 bits per heavy atom. The van der Waals surface area contributed by atoms with Gasteiger partial charge in [0.1, 0.15) is 0 Å². The predicted molar refractivity (Wildman–Crippen MR) is 92.3 cm³/mol. The number of aryl methyl sites for hydroxylation is 1. The fraction of sp³-hybridized carbons (Fsp3) is 0.263. The molecule has 0 radical (unpaired) electrons. The van der Waals surface area contributed by atoms with E-state index in [-0.39, 0.29) is 0 Å². The second-order valence-electron chi connectivity index (χ2n) is 5.82. The highest BCUT2D eigenvalue weighted by Crippen LogP contribution is 2.37. The minimum absolute atomic E-state index is 0.733. The van der Waals surface area contributed by atoms with Gasteiger partial charge in [-0.2, -0.15) is 0 Å². The van der Waals surface area contributed by atoms with Gasteiger partial charge in [0.15, 0.2) is 0 Å². The molecule has 0 nitrogen and oxygen atoms in total. The molecule has 0 saturated heterocycles. The molecule has 0 bridgehead atoms. The molecule has 0 aliphatic carbocycles. The van der Waals surface area contributed by atoms with E-state index in [1.165, 1.54) is 38.0 Å². The Kier molecular flexibility index (Phi) is 3.80. The SMILES string of the molecule is CC(C)CCc1c2ccccc2c(Br)c2ccccc12. The molecule has 0 unspecified atom stereocenters. The minimum atomic E-state index is 0.733. The van der Waals surface area contributed by atoms with Crippen molar-refractivity contribution in [2.75, 3.05) is 0 Å². The summed E-state index contributed by atoms with van der Waals surface area (Å²) in [4.78, 5) is 0. The highest BCUT2D eigenvalue weighted by Gasteiger charge is 2.11. The van der Waals surface area contributed by atoms with Crippen molar-refractivity contribution < 1.29 is 0 Å². The smallest absolute Gasteiger partial charge is 0.0332 e. The van der Waals surface area contributed by atoms with Crippen LogP contribution in [0.2, 0.25) is 0 Å². The Labute approximate surface area is 128 Å². The quantitative estimate of drug-likeness (QED) is 0.492. The number of hydrogen-bond donors (Lipinski definition) is 0. The zero-order chi connectivity index (χ0) is 14.1. The van der Waals surface area contributed by atoms with Crippen molar-refractivity contribution in [3.05, 3.63) is 58.6 Å². The topological polar surface area (TPSA) is 0 Å². The van der Waals surface area contributed by atoms with E-state index in [1.54, 1.807) is 0 Å². The van der Waals surface area contributed by atoms with Crippen molar-refractivity contribution in [1.29, 1.82) is 0 Å². The lowest BCUT2D eigenvalue weighted by atomic mass is 9.92. The Morgan fingerprint density at radius 3 is 1.70 bits per heavy atom. The standard InChI is InChI=1S/C19H19Br/c1-13(2)11-12-16-14-7-3-5-9-17(14)19(20)18-10-6-4-8-15(16)18/h3-10,13H,11-12H2,1-2H3. The van der Waals surface area contributed by atoms with Gasteiger partial charge in [0.2, 0.25) is 0 Å². The summed E-state index contributed by atoms with van der Waals surface area (Å²) in [6.45, 7) is 4.59. The van der Waals surface area contributed by atoms with Crippen molar-refractivity contribution >= 4 is 37.5 Å². The van der Waals surface area contributed by atoms with Crippen molar-refractivity contribution in [1.82, 2.24) is 0 Å². The molecule has 0 aromatic heterocycles. The maximum atomic E-state index is 3.80. The molecule has 20 heavy (non-hydrogen) atoms. The van der Waals surface area contributed by atoms with Crippen LogP contribution in [-0.2, 0) is 6.42 Å². The van der Waals surface area contributed by atoms with Gasteiger partial charge < -0.3 is 0 Å². The maximum absolute atomic E-state index is 3.80. The molecule has 0 heterocycles. The Hall–Kier alpha value is -1.34. The van der Waals surface area contributed by atoms with Gasteiger partial charge in [-0.1, -0.05) is 62.4 Å². The molecule has 3 aromatic carbocycles. The van der Waals surface area contributed by atoms with Crippen LogP contribution in [0.5, 0.6) is 0 Å². The van der Waals surface area contributed by atoms with Crippen molar-refractivity contribution in [3.8, 4) is 0 Å². The molecule has 0 spiro atoms. The van der Waals surface area contributed by atoms with Gasteiger partial charge in [-0.15, -0.1) is 0 Å². The third kappa shape index (κ3) is 2.35. The van der Waals surface area contributed by atoms with Gasteiger partial charge in [0.05, 0.1) is 0 Å². The van der Waals surface area contributed by atoms with E-state index < -0.39 is 0 Å². The minimum Gasteiger partial charge on any atom is -0.0628 e. The average Bonchev–Trinajstić information content (AvgIpc) is 2.47. The van der Waals surface area contributed by atoms with E-state index >= 15 is 0 Å². The Morgan fingerprint density at radius 2 is 1.25 bits per heavy atom. The molecular weight excluding hydrogens is 308 g/mol. The van der Waals surface area contributed by atoms with E-state index in [1.807, 2.05) is 0 Å². The van der Waals surface area contributed by atoms with E-state index in [4.69, 9.17) is 0 Å². The zero-order valence-electron chi connectivity index (χ0n) is 12.0. The fourth-order valence-corrected chi connectivity index (χ4v) is 3.56. The van der Waals surface area contributed by atoms with Crippen LogP contribution in [0.15, 0.2) is 53.0 Å². The molecule has 0 amide bonds. The summed E-state index contributed by atoms with van der Waals surface area (Å²) in [5.41, 5.74) is 1.49. The summed E-state index contributed by atoms with van der Waals surface area (Å²) >= 11 is 3.80. The molecule has 1 heteroatoms. The number of rotatable bonds is 3. The first-order valence-electron chi connectivity index (χ1n) is 7.26. The second-order valence-corrected chi connectivity index (χ2v) is 6.61. The Balaban J connectivity index is 2.34. The molecular formula is C19H19Br. The lowest BCUT2D eigenvalue weighted by Gasteiger charge is -2.14. The summed E-state index contributed by atoms with van der Waals surface area (Å²) < 4.78 is 1.22. The van der Waals surface area contributed by atoms with E-state index in [0.717, 1.165) is 12.3 Å². The second kappa shape index (κ2) is 5.57. The molecule has 0 N–H and O–H groups in total. The lowest BCUT2D eigenvalue weighted by Crippen LogP contribution is -1.95. The van der Waals surface area contributed by atoms with Crippen LogP contribution in [0, 0.1) is 5.92 Å². The van der Waals surface area contributed by atoms with Crippen LogP contribution < -0.4 is 0 Å². The number of hydrogen-bond acceptors (Lipinski definition) is 0.